The highest BCUT2D eigenvalue weighted by Gasteiger charge is 2.30. The molecule has 0 fully saturated rings. The molecule has 5 atom stereocenters. The zero-order valence-corrected chi connectivity index (χ0v) is 66.6. The van der Waals surface area contributed by atoms with Crippen LogP contribution in [0.15, 0.2) is 0 Å². The van der Waals surface area contributed by atoms with Crippen LogP contribution in [0.3, 0.4) is 0 Å². The highest BCUT2D eigenvalue weighted by Crippen LogP contribution is 2.45. The Morgan fingerprint density at radius 2 is 0.465 bits per heavy atom. The first kappa shape index (κ1) is 97.1. The number of ether oxygens (including phenoxy) is 4. The molecule has 2 unspecified atom stereocenters. The Balaban J connectivity index is 5.25. The van der Waals surface area contributed by atoms with Crippen molar-refractivity contribution in [2.45, 2.75) is 439 Å². The largest absolute Gasteiger partial charge is 0.472 e. The van der Waals surface area contributed by atoms with Gasteiger partial charge in [-0.1, -0.05) is 369 Å². The summed E-state index contributed by atoms with van der Waals surface area (Å²) < 4.78 is 68.7. The second kappa shape index (κ2) is 71.7. The third-order valence-corrected chi connectivity index (χ3v) is 20.6. The Bertz CT molecular complexity index is 1910. The molecular formula is C80H156O17P2. The van der Waals surface area contributed by atoms with Gasteiger partial charge in [0.15, 0.2) is 12.2 Å². The van der Waals surface area contributed by atoms with Gasteiger partial charge in [-0.2, -0.15) is 0 Å². The third-order valence-electron chi connectivity index (χ3n) is 18.7. The predicted octanol–water partition coefficient (Wildman–Crippen LogP) is 23.9. The number of aliphatic hydroxyl groups is 1. The molecule has 0 amide bonds. The molecule has 0 radical (unpaired) electrons. The summed E-state index contributed by atoms with van der Waals surface area (Å²) in [5, 5.41) is 10.6. The predicted molar refractivity (Wildman–Crippen MR) is 405 cm³/mol. The molecule has 19 heteroatoms. The number of carbonyl (C=O) groups is 4. The molecule has 0 saturated carbocycles. The zero-order valence-electron chi connectivity index (χ0n) is 64.8. The van der Waals surface area contributed by atoms with Gasteiger partial charge in [-0.3, -0.25) is 37.3 Å². The number of phosphoric ester groups is 2. The van der Waals surface area contributed by atoms with Gasteiger partial charge in [0.2, 0.25) is 0 Å². The van der Waals surface area contributed by atoms with Crippen LogP contribution < -0.4 is 0 Å². The molecule has 17 nitrogen and oxygen atoms in total. The maximum Gasteiger partial charge on any atom is 0.472 e. The summed E-state index contributed by atoms with van der Waals surface area (Å²) in [5.74, 6) is -0.527. The molecule has 0 rings (SSSR count). The van der Waals surface area contributed by atoms with E-state index < -0.39 is 97.5 Å². The molecule has 0 aliphatic rings. The standard InChI is InChI=1S/C80H156O17P2/c1-7-9-11-13-15-17-19-21-27-33-40-46-52-58-64-79(84)96-75(68-90-77(82)62-56-50-44-38-32-20-18-16-14-12-10-8-2)70-94-98(86,87)92-66-74(81)67-93-99(88,89)95-71-76(69-91-78(83)63-57-51-45-39-35-29-31-37-43-49-55-61-73(5)6)97-80(85)65-59-53-47-41-34-28-25-23-22-24-26-30-36-42-48-54-60-72(3)4/h72-76,81H,7-71H2,1-6H3,(H,86,87)(H,88,89)/t74-,75+,76+/m0/s1. The number of esters is 4. The lowest BCUT2D eigenvalue weighted by atomic mass is 10.0. The molecule has 0 saturated heterocycles. The van der Waals surface area contributed by atoms with E-state index in [1.807, 2.05) is 0 Å². The summed E-state index contributed by atoms with van der Waals surface area (Å²) in [6, 6.07) is 0. The van der Waals surface area contributed by atoms with Crippen molar-refractivity contribution in [1.29, 1.82) is 0 Å². The fraction of sp³-hybridized carbons (Fsp3) is 0.950. The molecular weight excluding hydrogens is 1290 g/mol. The van der Waals surface area contributed by atoms with Gasteiger partial charge in [0.05, 0.1) is 26.4 Å². The van der Waals surface area contributed by atoms with Gasteiger partial charge in [0.1, 0.15) is 19.3 Å². The summed E-state index contributed by atoms with van der Waals surface area (Å²) >= 11 is 0. The van der Waals surface area contributed by atoms with Crippen molar-refractivity contribution < 1.29 is 80.2 Å². The molecule has 0 aliphatic heterocycles. The van der Waals surface area contributed by atoms with Crippen molar-refractivity contribution in [1.82, 2.24) is 0 Å². The van der Waals surface area contributed by atoms with Gasteiger partial charge < -0.3 is 33.8 Å². The molecule has 0 heterocycles. The fourth-order valence-corrected chi connectivity index (χ4v) is 13.9. The Hall–Kier alpha value is -1.94. The highest BCUT2D eigenvalue weighted by molar-refractivity contribution is 7.47. The third kappa shape index (κ3) is 74.1. The van der Waals surface area contributed by atoms with Crippen molar-refractivity contribution in [2.75, 3.05) is 39.6 Å². The van der Waals surface area contributed by atoms with Crippen LogP contribution in [0.4, 0.5) is 0 Å². The summed E-state index contributed by atoms with van der Waals surface area (Å²) in [5.41, 5.74) is 0. The van der Waals surface area contributed by atoms with Crippen molar-refractivity contribution >= 4 is 39.5 Å². The Labute approximate surface area is 607 Å². The zero-order chi connectivity index (χ0) is 72.8. The van der Waals surface area contributed by atoms with Gasteiger partial charge in [-0.05, 0) is 37.5 Å². The minimum absolute atomic E-state index is 0.108. The van der Waals surface area contributed by atoms with E-state index in [1.54, 1.807) is 0 Å². The summed E-state index contributed by atoms with van der Waals surface area (Å²) in [6.07, 6.45) is 60.9. The van der Waals surface area contributed by atoms with E-state index in [0.29, 0.717) is 25.7 Å². The van der Waals surface area contributed by atoms with Crippen LogP contribution in [-0.4, -0.2) is 96.7 Å². The van der Waals surface area contributed by atoms with Crippen molar-refractivity contribution in [3.8, 4) is 0 Å². The lowest BCUT2D eigenvalue weighted by Gasteiger charge is -2.21. The van der Waals surface area contributed by atoms with Crippen molar-refractivity contribution in [3.63, 3.8) is 0 Å². The molecule has 0 aliphatic carbocycles. The van der Waals surface area contributed by atoms with Gasteiger partial charge in [-0.25, -0.2) is 9.13 Å². The van der Waals surface area contributed by atoms with Crippen LogP contribution in [0.2, 0.25) is 0 Å². The molecule has 0 aromatic rings. The normalized spacial score (nSPS) is 13.9. The van der Waals surface area contributed by atoms with Gasteiger partial charge >= 0.3 is 39.5 Å². The number of rotatable bonds is 79. The monoisotopic (exact) mass is 1450 g/mol. The van der Waals surface area contributed by atoms with E-state index in [4.69, 9.17) is 37.0 Å². The molecule has 588 valence electrons. The van der Waals surface area contributed by atoms with Crippen LogP contribution in [0.5, 0.6) is 0 Å². The molecule has 99 heavy (non-hydrogen) atoms. The average molecular weight is 1450 g/mol. The van der Waals surface area contributed by atoms with E-state index in [0.717, 1.165) is 102 Å². The van der Waals surface area contributed by atoms with Gasteiger partial charge in [0.25, 0.3) is 0 Å². The minimum atomic E-state index is -4.96. The first-order chi connectivity index (χ1) is 47.9. The lowest BCUT2D eigenvalue weighted by molar-refractivity contribution is -0.161. The van der Waals surface area contributed by atoms with Crippen LogP contribution in [0.25, 0.3) is 0 Å². The SMILES string of the molecule is CCCCCCCCCCCCCCCCC(=O)O[C@H](COC(=O)CCCCCCCCCCCCCC)COP(=O)(O)OC[C@H](O)COP(=O)(O)OC[C@@H](COC(=O)CCCCCCCCCCCCCC(C)C)OC(=O)CCCCCCCCCCCCCCCCCCC(C)C. The van der Waals surface area contributed by atoms with E-state index in [-0.39, 0.29) is 25.7 Å². The van der Waals surface area contributed by atoms with Crippen LogP contribution in [0, 0.1) is 11.8 Å². The van der Waals surface area contributed by atoms with E-state index in [1.165, 1.54) is 238 Å². The number of hydrogen-bond donors (Lipinski definition) is 3. The quantitative estimate of drug-likeness (QED) is 0.0222. The molecule has 0 spiro atoms. The molecule has 0 aromatic carbocycles. The van der Waals surface area contributed by atoms with Gasteiger partial charge in [-0.15, -0.1) is 0 Å². The first-order valence-corrected chi connectivity index (χ1v) is 44.5. The minimum Gasteiger partial charge on any atom is -0.462 e. The Morgan fingerprint density at radius 1 is 0.273 bits per heavy atom. The maximum atomic E-state index is 13.1. The maximum absolute atomic E-state index is 13.1. The van der Waals surface area contributed by atoms with Crippen LogP contribution >= 0.6 is 15.6 Å². The van der Waals surface area contributed by atoms with E-state index >= 15 is 0 Å². The topological polar surface area (TPSA) is 237 Å². The van der Waals surface area contributed by atoms with Gasteiger partial charge in [0, 0.05) is 25.7 Å². The fourth-order valence-electron chi connectivity index (χ4n) is 12.4. The smallest absolute Gasteiger partial charge is 0.462 e. The van der Waals surface area contributed by atoms with Crippen molar-refractivity contribution in [3.05, 3.63) is 0 Å². The number of phosphoric acid groups is 2. The number of aliphatic hydroxyl groups excluding tert-OH is 1. The Kier molecular flexibility index (Phi) is 70.3. The second-order valence-electron chi connectivity index (χ2n) is 29.8. The summed E-state index contributed by atoms with van der Waals surface area (Å²) in [7, 11) is -9.92. The molecule has 0 bridgehead atoms. The molecule has 0 aromatic heterocycles. The first-order valence-electron chi connectivity index (χ1n) is 41.5. The Morgan fingerprint density at radius 3 is 0.687 bits per heavy atom. The van der Waals surface area contributed by atoms with E-state index in [2.05, 4.69) is 41.5 Å². The van der Waals surface area contributed by atoms with Crippen LogP contribution in [0.1, 0.15) is 420 Å². The average Bonchev–Trinajstić information content (AvgIpc) is 0.992. The lowest BCUT2D eigenvalue weighted by Crippen LogP contribution is -2.30. The number of unbranched alkanes of at least 4 members (excludes halogenated alkanes) is 49. The summed E-state index contributed by atoms with van der Waals surface area (Å²) in [6.45, 7) is 9.67. The van der Waals surface area contributed by atoms with E-state index in [9.17, 15) is 43.2 Å². The second-order valence-corrected chi connectivity index (χ2v) is 32.7. The molecule has 3 N–H and O–H groups in total. The number of hydrogen-bond acceptors (Lipinski definition) is 15. The highest BCUT2D eigenvalue weighted by atomic mass is 31.2. The van der Waals surface area contributed by atoms with Crippen LogP contribution in [-0.2, 0) is 65.4 Å². The summed E-state index contributed by atoms with van der Waals surface area (Å²) in [4.78, 5) is 73.0. The number of carbonyl (C=O) groups excluding carboxylic acids is 4. The van der Waals surface area contributed by atoms with Crippen molar-refractivity contribution in [2.24, 2.45) is 11.8 Å².